The quantitative estimate of drug-likeness (QED) is 0.558. The van der Waals surface area contributed by atoms with E-state index in [9.17, 15) is 9.59 Å². The lowest BCUT2D eigenvalue weighted by Gasteiger charge is -2.30. The molecule has 7 heteroatoms. The Kier molecular flexibility index (Phi) is 6.09. The summed E-state index contributed by atoms with van der Waals surface area (Å²) < 4.78 is 5.26. The summed E-state index contributed by atoms with van der Waals surface area (Å²) >= 11 is 6.02. The third kappa shape index (κ3) is 4.81. The maximum absolute atomic E-state index is 12.5. The number of nitrogens with one attached hydrogen (secondary N) is 2. The van der Waals surface area contributed by atoms with Gasteiger partial charge in [0.2, 0.25) is 5.91 Å². The predicted octanol–water partition coefficient (Wildman–Crippen LogP) is 5.47. The van der Waals surface area contributed by atoms with Gasteiger partial charge in [-0.1, -0.05) is 41.9 Å². The first-order valence-corrected chi connectivity index (χ1v) is 10.3. The van der Waals surface area contributed by atoms with Crippen molar-refractivity contribution in [2.24, 2.45) is 0 Å². The number of nitrogens with zero attached hydrogens (tertiary/aromatic N) is 1. The van der Waals surface area contributed by atoms with E-state index >= 15 is 0 Å². The van der Waals surface area contributed by atoms with Crippen molar-refractivity contribution in [1.82, 2.24) is 0 Å². The van der Waals surface area contributed by atoms with Crippen LogP contribution in [0.4, 0.5) is 21.9 Å². The highest BCUT2D eigenvalue weighted by atomic mass is 35.5. The van der Waals surface area contributed by atoms with Gasteiger partial charge in [-0.15, -0.1) is 0 Å². The molecule has 6 nitrogen and oxygen atoms in total. The van der Waals surface area contributed by atoms with Crippen LogP contribution in [-0.4, -0.2) is 19.0 Å². The van der Waals surface area contributed by atoms with Gasteiger partial charge < -0.3 is 20.3 Å². The minimum absolute atomic E-state index is 0.0999. The Bertz CT molecular complexity index is 1120. The van der Waals surface area contributed by atoms with Crippen LogP contribution in [0.5, 0.6) is 5.75 Å². The molecular weight excluding hydrogens is 414 g/mol. The van der Waals surface area contributed by atoms with E-state index in [4.69, 9.17) is 16.3 Å². The molecule has 2 N–H and O–H groups in total. The second-order valence-electron chi connectivity index (χ2n) is 7.23. The zero-order valence-electron chi connectivity index (χ0n) is 17.0. The highest BCUT2D eigenvalue weighted by molar-refractivity contribution is 6.31. The van der Waals surface area contributed by atoms with Gasteiger partial charge in [-0.2, -0.15) is 0 Å². The van der Waals surface area contributed by atoms with Gasteiger partial charge in [0.05, 0.1) is 19.3 Å². The smallest absolute Gasteiger partial charge is 0.323 e. The molecule has 0 aromatic heterocycles. The minimum Gasteiger partial charge on any atom is -0.495 e. The normalized spacial score (nSPS) is 12.8. The van der Waals surface area contributed by atoms with Crippen LogP contribution >= 0.6 is 11.6 Å². The summed E-state index contributed by atoms with van der Waals surface area (Å²) in [6.45, 7) is 0.522. The Balaban J connectivity index is 1.50. The Hall–Kier alpha value is -3.51. The minimum atomic E-state index is -0.409. The first kappa shape index (κ1) is 20.8. The molecule has 3 amide bonds. The van der Waals surface area contributed by atoms with Gasteiger partial charge in [0.25, 0.3) is 0 Å². The predicted molar refractivity (Wildman–Crippen MR) is 123 cm³/mol. The SMILES string of the molecule is COc1ccc(Cl)cc1NC(=O)Nc1ccc2c(c1)CCC(=O)N2Cc1ccccc1. The fourth-order valence-corrected chi connectivity index (χ4v) is 3.81. The van der Waals surface area contributed by atoms with Crippen LogP contribution in [0, 0.1) is 0 Å². The number of hydrogen-bond donors (Lipinski definition) is 2. The van der Waals surface area contributed by atoms with Crippen molar-refractivity contribution in [3.63, 3.8) is 0 Å². The van der Waals surface area contributed by atoms with Gasteiger partial charge in [-0.05, 0) is 53.9 Å². The lowest BCUT2D eigenvalue weighted by Crippen LogP contribution is -2.34. The molecule has 3 aromatic carbocycles. The number of urea groups is 1. The fraction of sp³-hybridized carbons (Fsp3) is 0.167. The fourth-order valence-electron chi connectivity index (χ4n) is 3.64. The molecular formula is C24H22ClN3O3. The number of carbonyl (C=O) groups is 2. The summed E-state index contributed by atoms with van der Waals surface area (Å²) in [6.07, 6.45) is 1.08. The summed E-state index contributed by atoms with van der Waals surface area (Å²) in [5.74, 6) is 0.614. The van der Waals surface area contributed by atoms with Crippen molar-refractivity contribution in [2.45, 2.75) is 19.4 Å². The zero-order chi connectivity index (χ0) is 21.8. The molecule has 31 heavy (non-hydrogen) atoms. The third-order valence-electron chi connectivity index (χ3n) is 5.13. The second kappa shape index (κ2) is 9.10. The number of ether oxygens (including phenoxy) is 1. The van der Waals surface area contributed by atoms with Crippen LogP contribution in [0.1, 0.15) is 17.5 Å². The van der Waals surface area contributed by atoms with Crippen LogP contribution in [-0.2, 0) is 17.8 Å². The van der Waals surface area contributed by atoms with Crippen LogP contribution in [0.25, 0.3) is 0 Å². The maximum atomic E-state index is 12.5. The molecule has 0 aliphatic carbocycles. The standard InChI is InChI=1S/C24H22ClN3O3/c1-31-22-11-8-18(25)14-20(22)27-24(30)26-19-9-10-21-17(13-19)7-12-23(29)28(21)15-16-5-3-2-4-6-16/h2-6,8-11,13-14H,7,12,15H2,1H3,(H2,26,27,30). The highest BCUT2D eigenvalue weighted by Crippen LogP contribution is 2.32. The highest BCUT2D eigenvalue weighted by Gasteiger charge is 2.24. The Morgan fingerprint density at radius 1 is 1.03 bits per heavy atom. The van der Waals surface area contributed by atoms with Gasteiger partial charge in [0.15, 0.2) is 0 Å². The van der Waals surface area contributed by atoms with Gasteiger partial charge in [-0.25, -0.2) is 4.79 Å². The number of fused-ring (bicyclic) bond motifs is 1. The maximum Gasteiger partial charge on any atom is 0.323 e. The van der Waals surface area contributed by atoms with E-state index in [1.165, 1.54) is 7.11 Å². The van der Waals surface area contributed by atoms with Crippen LogP contribution in [0.3, 0.4) is 0 Å². The van der Waals surface area contributed by atoms with Gasteiger partial charge in [-0.3, -0.25) is 4.79 Å². The van der Waals surface area contributed by atoms with Crippen LogP contribution < -0.4 is 20.3 Å². The summed E-state index contributed by atoms with van der Waals surface area (Å²) in [7, 11) is 1.53. The zero-order valence-corrected chi connectivity index (χ0v) is 17.8. The average Bonchev–Trinajstić information content (AvgIpc) is 2.76. The number of amides is 3. The van der Waals surface area contributed by atoms with E-state index in [0.717, 1.165) is 16.8 Å². The lowest BCUT2D eigenvalue weighted by molar-refractivity contribution is -0.119. The number of halogens is 1. The van der Waals surface area contributed by atoms with E-state index in [2.05, 4.69) is 10.6 Å². The van der Waals surface area contributed by atoms with E-state index in [1.54, 1.807) is 29.2 Å². The molecule has 0 unspecified atom stereocenters. The van der Waals surface area contributed by atoms with Crippen LogP contribution in [0.2, 0.25) is 5.02 Å². The Morgan fingerprint density at radius 2 is 1.84 bits per heavy atom. The van der Waals surface area contributed by atoms with Crippen molar-refractivity contribution < 1.29 is 14.3 Å². The lowest BCUT2D eigenvalue weighted by atomic mass is 9.99. The van der Waals surface area contributed by atoms with Crippen LogP contribution in [0.15, 0.2) is 66.7 Å². The van der Waals surface area contributed by atoms with Gasteiger partial charge in [0, 0.05) is 22.8 Å². The monoisotopic (exact) mass is 435 g/mol. The molecule has 4 rings (SSSR count). The summed E-state index contributed by atoms with van der Waals surface area (Å²) in [4.78, 5) is 26.8. The molecule has 3 aromatic rings. The van der Waals surface area contributed by atoms with Gasteiger partial charge >= 0.3 is 6.03 Å². The molecule has 1 aliphatic rings. The topological polar surface area (TPSA) is 70.7 Å². The van der Waals surface area contributed by atoms with Crippen molar-refractivity contribution in [1.29, 1.82) is 0 Å². The average molecular weight is 436 g/mol. The molecule has 0 radical (unpaired) electrons. The van der Waals surface area contributed by atoms with Crippen molar-refractivity contribution in [3.8, 4) is 5.75 Å². The molecule has 0 saturated heterocycles. The Labute approximate surface area is 185 Å². The molecule has 1 heterocycles. The summed E-state index contributed by atoms with van der Waals surface area (Å²) in [5, 5.41) is 6.08. The van der Waals surface area contributed by atoms with Gasteiger partial charge in [0.1, 0.15) is 5.75 Å². The second-order valence-corrected chi connectivity index (χ2v) is 7.67. The summed E-state index contributed by atoms with van der Waals surface area (Å²) in [5.41, 5.74) is 4.09. The van der Waals surface area contributed by atoms with E-state index < -0.39 is 6.03 Å². The number of benzene rings is 3. The molecule has 1 aliphatic heterocycles. The number of rotatable bonds is 5. The number of methoxy groups -OCH3 is 1. The third-order valence-corrected chi connectivity index (χ3v) is 5.37. The number of hydrogen-bond acceptors (Lipinski definition) is 3. The van der Waals surface area contributed by atoms with E-state index in [-0.39, 0.29) is 5.91 Å². The molecule has 158 valence electrons. The first-order valence-electron chi connectivity index (χ1n) is 9.92. The molecule has 0 fully saturated rings. The molecule has 0 bridgehead atoms. The molecule has 0 atom stereocenters. The summed E-state index contributed by atoms with van der Waals surface area (Å²) in [6, 6.07) is 20.1. The molecule has 0 spiro atoms. The largest absolute Gasteiger partial charge is 0.495 e. The van der Waals surface area contributed by atoms with E-state index in [1.807, 2.05) is 42.5 Å². The van der Waals surface area contributed by atoms with E-state index in [0.29, 0.717) is 41.5 Å². The Morgan fingerprint density at radius 3 is 2.61 bits per heavy atom. The molecule has 0 saturated carbocycles. The first-order chi connectivity index (χ1) is 15.0. The van der Waals surface area contributed by atoms with Crippen molar-refractivity contribution >= 4 is 40.6 Å². The van der Waals surface area contributed by atoms with Crippen molar-refractivity contribution in [3.05, 3.63) is 82.9 Å². The number of carbonyl (C=O) groups excluding carboxylic acids is 2. The number of aryl methyl sites for hydroxylation is 1. The van der Waals surface area contributed by atoms with Crippen molar-refractivity contribution in [2.75, 3.05) is 22.6 Å². The number of anilines is 3.